The number of aliphatic imine (C=N–C) groups is 1. The van der Waals surface area contributed by atoms with Crippen molar-refractivity contribution >= 4 is 5.96 Å². The summed E-state index contributed by atoms with van der Waals surface area (Å²) in [5.74, 6) is 1.70. The summed E-state index contributed by atoms with van der Waals surface area (Å²) >= 11 is 0. The van der Waals surface area contributed by atoms with E-state index in [9.17, 15) is 0 Å². The molecule has 2 rings (SSSR count). The van der Waals surface area contributed by atoms with Crippen molar-refractivity contribution in [3.63, 3.8) is 0 Å². The predicted octanol–water partition coefficient (Wildman–Crippen LogP) is 2.70. The first-order valence-electron chi connectivity index (χ1n) is 8.98. The lowest BCUT2D eigenvalue weighted by Crippen LogP contribution is -2.38. The van der Waals surface area contributed by atoms with Gasteiger partial charge in [0.25, 0.3) is 0 Å². The van der Waals surface area contributed by atoms with Crippen molar-refractivity contribution in [2.45, 2.75) is 39.3 Å². The molecule has 24 heavy (non-hydrogen) atoms. The second kappa shape index (κ2) is 11.0. The van der Waals surface area contributed by atoms with Crippen LogP contribution >= 0.6 is 0 Å². The van der Waals surface area contributed by atoms with Crippen molar-refractivity contribution < 1.29 is 9.47 Å². The molecule has 1 saturated carbocycles. The number of hydrogen-bond acceptors (Lipinski definition) is 3. The van der Waals surface area contributed by atoms with Gasteiger partial charge in [-0.3, -0.25) is 0 Å². The molecule has 0 aromatic heterocycles. The number of hydrogen-bond donors (Lipinski definition) is 2. The third kappa shape index (κ3) is 7.79. The van der Waals surface area contributed by atoms with E-state index in [1.54, 1.807) is 7.11 Å². The van der Waals surface area contributed by atoms with Crippen LogP contribution < -0.4 is 10.6 Å². The van der Waals surface area contributed by atoms with E-state index in [0.29, 0.717) is 13.2 Å². The lowest BCUT2D eigenvalue weighted by atomic mass is 10.1. The number of rotatable bonds is 11. The van der Waals surface area contributed by atoms with Crippen molar-refractivity contribution in [2.75, 3.05) is 33.4 Å². The van der Waals surface area contributed by atoms with Crippen LogP contribution in [-0.2, 0) is 22.6 Å². The third-order valence-electron chi connectivity index (χ3n) is 3.87. The fourth-order valence-electron chi connectivity index (χ4n) is 2.41. The molecule has 0 heterocycles. The zero-order valence-corrected chi connectivity index (χ0v) is 15.0. The van der Waals surface area contributed by atoms with Crippen molar-refractivity contribution in [1.82, 2.24) is 10.6 Å². The fourth-order valence-corrected chi connectivity index (χ4v) is 2.41. The maximum atomic E-state index is 5.65. The van der Waals surface area contributed by atoms with Gasteiger partial charge in [-0.25, -0.2) is 4.99 Å². The lowest BCUT2D eigenvalue weighted by molar-refractivity contribution is 0.123. The van der Waals surface area contributed by atoms with E-state index in [4.69, 9.17) is 9.47 Å². The van der Waals surface area contributed by atoms with Gasteiger partial charge in [0, 0.05) is 33.4 Å². The Hall–Kier alpha value is -1.59. The highest BCUT2D eigenvalue weighted by molar-refractivity contribution is 5.79. The Kier molecular flexibility index (Phi) is 8.63. The zero-order valence-electron chi connectivity index (χ0n) is 15.0. The molecule has 5 heteroatoms. The topological polar surface area (TPSA) is 54.9 Å². The monoisotopic (exact) mass is 333 g/mol. The van der Waals surface area contributed by atoms with Crippen LogP contribution in [0.15, 0.2) is 29.3 Å². The third-order valence-corrected chi connectivity index (χ3v) is 3.87. The van der Waals surface area contributed by atoms with Crippen LogP contribution in [0.3, 0.4) is 0 Å². The van der Waals surface area contributed by atoms with Crippen LogP contribution in [0.25, 0.3) is 0 Å². The van der Waals surface area contributed by atoms with Crippen LogP contribution in [-0.4, -0.2) is 39.4 Å². The SMILES string of the molecule is CCNC(=NCc1cccc(COC)c1)NCCCOCC1CC1. The number of nitrogens with one attached hydrogen (secondary N) is 2. The van der Waals surface area contributed by atoms with E-state index in [0.717, 1.165) is 44.6 Å². The molecule has 1 aliphatic rings. The van der Waals surface area contributed by atoms with Gasteiger partial charge in [0.2, 0.25) is 0 Å². The van der Waals surface area contributed by atoms with E-state index < -0.39 is 0 Å². The number of ether oxygens (including phenoxy) is 2. The molecule has 0 aliphatic heterocycles. The first-order chi connectivity index (χ1) is 11.8. The van der Waals surface area contributed by atoms with Crippen LogP contribution in [0.2, 0.25) is 0 Å². The van der Waals surface area contributed by atoms with E-state index in [2.05, 4.69) is 46.8 Å². The van der Waals surface area contributed by atoms with Gasteiger partial charge in [-0.2, -0.15) is 0 Å². The Balaban J connectivity index is 1.71. The summed E-state index contributed by atoms with van der Waals surface area (Å²) < 4.78 is 10.8. The largest absolute Gasteiger partial charge is 0.381 e. The van der Waals surface area contributed by atoms with E-state index in [1.165, 1.54) is 24.0 Å². The maximum absolute atomic E-state index is 5.65. The molecule has 2 N–H and O–H groups in total. The first kappa shape index (κ1) is 18.7. The number of nitrogens with zero attached hydrogens (tertiary/aromatic N) is 1. The summed E-state index contributed by atoms with van der Waals surface area (Å²) in [7, 11) is 1.71. The molecule has 1 fully saturated rings. The molecular weight excluding hydrogens is 302 g/mol. The highest BCUT2D eigenvalue weighted by Gasteiger charge is 2.20. The van der Waals surface area contributed by atoms with Gasteiger partial charge in [0.15, 0.2) is 5.96 Å². The molecule has 134 valence electrons. The summed E-state index contributed by atoms with van der Waals surface area (Å²) in [5, 5.41) is 6.65. The summed E-state index contributed by atoms with van der Waals surface area (Å²) in [6.07, 6.45) is 3.70. The minimum atomic E-state index is 0.636. The van der Waals surface area contributed by atoms with E-state index in [1.807, 2.05) is 0 Å². The Morgan fingerprint density at radius 1 is 1.25 bits per heavy atom. The molecule has 0 unspecified atom stereocenters. The molecule has 0 atom stereocenters. The summed E-state index contributed by atoms with van der Waals surface area (Å²) in [4.78, 5) is 4.65. The van der Waals surface area contributed by atoms with Gasteiger partial charge in [0.1, 0.15) is 0 Å². The van der Waals surface area contributed by atoms with Crippen molar-refractivity contribution in [3.05, 3.63) is 35.4 Å². The Morgan fingerprint density at radius 3 is 2.83 bits per heavy atom. The van der Waals surface area contributed by atoms with Crippen molar-refractivity contribution in [1.29, 1.82) is 0 Å². The minimum absolute atomic E-state index is 0.636. The van der Waals surface area contributed by atoms with Crippen molar-refractivity contribution in [2.24, 2.45) is 10.9 Å². The van der Waals surface area contributed by atoms with Crippen LogP contribution in [0, 0.1) is 5.92 Å². The molecule has 5 nitrogen and oxygen atoms in total. The second-order valence-corrected chi connectivity index (χ2v) is 6.25. The number of guanidine groups is 1. The molecule has 0 spiro atoms. The summed E-state index contributed by atoms with van der Waals surface area (Å²) in [6, 6.07) is 8.36. The molecule has 0 radical (unpaired) electrons. The highest BCUT2D eigenvalue weighted by Crippen LogP contribution is 2.28. The molecule has 1 aliphatic carbocycles. The van der Waals surface area contributed by atoms with E-state index in [-0.39, 0.29) is 0 Å². The highest BCUT2D eigenvalue weighted by atomic mass is 16.5. The molecule has 1 aromatic rings. The molecule has 0 saturated heterocycles. The van der Waals surface area contributed by atoms with Gasteiger partial charge >= 0.3 is 0 Å². The normalized spacial score (nSPS) is 14.7. The molecule has 0 bridgehead atoms. The van der Waals surface area contributed by atoms with Gasteiger partial charge < -0.3 is 20.1 Å². The standard InChI is InChI=1S/C19H31N3O2/c1-3-20-19(21-10-5-11-24-15-16-8-9-16)22-13-17-6-4-7-18(12-17)14-23-2/h4,6-7,12,16H,3,5,8-11,13-15H2,1-2H3,(H2,20,21,22). The zero-order chi connectivity index (χ0) is 17.0. The van der Waals surface area contributed by atoms with Crippen LogP contribution in [0.1, 0.15) is 37.3 Å². The maximum Gasteiger partial charge on any atom is 0.191 e. The Bertz CT molecular complexity index is 501. The lowest BCUT2D eigenvalue weighted by Gasteiger charge is -2.11. The molecular formula is C19H31N3O2. The molecule has 1 aromatic carbocycles. The average Bonchev–Trinajstić information content (AvgIpc) is 3.40. The number of methoxy groups -OCH3 is 1. The molecule has 0 amide bonds. The minimum Gasteiger partial charge on any atom is -0.381 e. The fraction of sp³-hybridized carbons (Fsp3) is 0.632. The van der Waals surface area contributed by atoms with Crippen LogP contribution in [0.5, 0.6) is 0 Å². The predicted molar refractivity (Wildman–Crippen MR) is 98.1 cm³/mol. The van der Waals surface area contributed by atoms with Gasteiger partial charge in [0.05, 0.1) is 13.2 Å². The Labute approximate surface area is 145 Å². The van der Waals surface area contributed by atoms with E-state index >= 15 is 0 Å². The smallest absolute Gasteiger partial charge is 0.191 e. The summed E-state index contributed by atoms with van der Waals surface area (Å²) in [5.41, 5.74) is 2.37. The van der Waals surface area contributed by atoms with Crippen LogP contribution in [0.4, 0.5) is 0 Å². The second-order valence-electron chi connectivity index (χ2n) is 6.25. The van der Waals surface area contributed by atoms with Gasteiger partial charge in [-0.05, 0) is 43.2 Å². The summed E-state index contributed by atoms with van der Waals surface area (Å²) in [6.45, 7) is 6.86. The Morgan fingerprint density at radius 2 is 2.08 bits per heavy atom. The number of benzene rings is 1. The first-order valence-corrected chi connectivity index (χ1v) is 8.98. The van der Waals surface area contributed by atoms with Gasteiger partial charge in [-0.15, -0.1) is 0 Å². The van der Waals surface area contributed by atoms with Gasteiger partial charge in [-0.1, -0.05) is 24.3 Å². The van der Waals surface area contributed by atoms with Crippen molar-refractivity contribution in [3.8, 4) is 0 Å². The quantitative estimate of drug-likeness (QED) is 0.371. The average molecular weight is 333 g/mol.